The number of fused-ring (bicyclic) bond motifs is 7. The molecule has 37 N–H and O–H groups in total. The Hall–Kier alpha value is -17.5. The molecule has 0 saturated heterocycles. The summed E-state index contributed by atoms with van der Waals surface area (Å²) in [6.45, 7) is 0.232. The van der Waals surface area contributed by atoms with Gasteiger partial charge >= 0.3 is 0 Å². The molecule has 0 aliphatic rings. The monoisotopic (exact) mass is 1940 g/mol. The van der Waals surface area contributed by atoms with Gasteiger partial charge < -0.3 is 144 Å². The number of carbonyl (C=O) groups excluding carboxylic acids is 11. The maximum absolute atomic E-state index is 16.1. The molecule has 42 heteroatoms. The topological polar surface area (TPSA) is 718 Å². The summed E-state index contributed by atoms with van der Waals surface area (Å²) >= 11 is 0. The van der Waals surface area contributed by atoms with Crippen LogP contribution in [0.5, 0.6) is 0 Å². The number of primary amides is 1. The fourth-order valence-electron chi connectivity index (χ4n) is 17.9. The lowest BCUT2D eigenvalue weighted by molar-refractivity contribution is -0.136. The molecule has 7 aromatic carbocycles. The van der Waals surface area contributed by atoms with Crippen molar-refractivity contribution in [1.29, 1.82) is 21.6 Å². The number of para-hydroxylation sites is 7. The Labute approximate surface area is 820 Å². The second-order valence-electron chi connectivity index (χ2n) is 35.5. The summed E-state index contributed by atoms with van der Waals surface area (Å²) in [5.74, 6) is -11.1. The van der Waals surface area contributed by atoms with Crippen LogP contribution in [0.25, 0.3) is 76.3 Å². The van der Waals surface area contributed by atoms with Gasteiger partial charge in [-0.2, -0.15) is 0 Å². The molecule has 7 aromatic heterocycles. The minimum atomic E-state index is -1.64. The number of benzene rings is 7. The van der Waals surface area contributed by atoms with E-state index in [1.54, 1.807) is 98.0 Å². The van der Waals surface area contributed by atoms with E-state index >= 15 is 43.2 Å². The standard InChI is InChI=1S/C101H121N31O11/c102-69(26-15-37-112-98(104)105)88(134)127-81(42-56-49-117-71-28-9-2-20-63(56)71)95(141)130-82(43-57-50-118-72-29-10-3-21-64(57)72)93(139)125-79(36-18-40-115-101(110)111)91(137)129-85(46-60-53-121-75-32-13-6-24-67(60)75)96(142)131-83(44-58-51-119-73-30-11-4-22-65(58)73)92(138)124-77(34-16-38-113-99(106)107)89(135)123-78(35-17-39-114-100(108)109)90(136)128-86(47-61-54-122-76-33-14-7-25-68(61)76)97(143)132-84(45-59-52-120-74-31-12-5-23-66(59)74)94(140)126-80(87(103)133)41-55-48-116-70-27-8-1-19-62(55)70/h1-14,19-25,27-33,48-54,69,77-86,116-122H,15-18,26,34-47,102H2,(H2,103,133)(H,123,135)(H,124,138)(H,125,139)(H,126,140)(H,127,134)(H,128,136)(H,129,137)(H,130,141)(H,131,142)(H,132,143)(H4,104,105,112)(H4,106,107,113)(H4,108,109,114)(H4,110,111,115)/t69-,77-,78-,79-,80-,81-,82-,83-,84-,85-,86-/m0/s1. The summed E-state index contributed by atoms with van der Waals surface area (Å²) in [4.78, 5) is 192. The number of carbonyl (C=O) groups is 11. The largest absolute Gasteiger partial charge is 0.370 e. The summed E-state index contributed by atoms with van der Waals surface area (Å²) < 4.78 is 0. The third kappa shape index (κ3) is 27.1. The van der Waals surface area contributed by atoms with E-state index in [1.807, 2.05) is 115 Å². The summed E-state index contributed by atoms with van der Waals surface area (Å²) in [5, 5.41) is 76.3. The quantitative estimate of drug-likeness (QED) is 0.0148. The normalized spacial score (nSPS) is 13.7. The van der Waals surface area contributed by atoms with Gasteiger partial charge in [-0.05, 0) is 133 Å². The van der Waals surface area contributed by atoms with Crippen LogP contribution in [0.2, 0.25) is 0 Å². The van der Waals surface area contributed by atoms with Gasteiger partial charge in [0, 0.05) is 191 Å². The molecule has 0 spiro atoms. The highest BCUT2D eigenvalue weighted by atomic mass is 16.2. The molecule has 0 saturated carbocycles. The third-order valence-corrected chi connectivity index (χ3v) is 25.3. The SMILES string of the molecule is N=C(N)NCCC[C@H](NC(=O)[C@H](CCCNC(=N)N)NC(=O)[C@H](Cc1c[nH]c2ccccc12)NC(=O)[C@H](Cc1c[nH]c2ccccc12)NC(=O)[C@H](CCCNC(=N)N)NC(=O)[C@H](Cc1c[nH]c2ccccc12)NC(=O)[C@H](Cc1c[nH]c2ccccc12)NC(=O)[C@@H](N)CCCNC(=N)N)C(=O)N[C@@H](Cc1c[nH]c2ccccc12)C(=O)N[C@@H](Cc1c[nH]c2ccccc12)C(=O)N[C@@H](Cc1c[nH]c2ccccc12)C(N)=O. The Bertz CT molecular complexity index is 6960. The van der Waals surface area contributed by atoms with Gasteiger partial charge in [0.05, 0.1) is 6.04 Å². The van der Waals surface area contributed by atoms with Crippen LogP contribution >= 0.6 is 0 Å². The van der Waals surface area contributed by atoms with Crippen LogP contribution in [0, 0.1) is 21.6 Å². The number of guanidine groups is 4. The van der Waals surface area contributed by atoms with E-state index in [2.05, 4.69) is 109 Å². The van der Waals surface area contributed by atoms with E-state index in [0.29, 0.717) is 89.0 Å². The van der Waals surface area contributed by atoms with Crippen LogP contribution in [0.1, 0.15) is 90.3 Å². The second-order valence-corrected chi connectivity index (χ2v) is 35.5. The molecule has 143 heavy (non-hydrogen) atoms. The molecular weight excluding hydrogens is 1820 g/mol. The van der Waals surface area contributed by atoms with Crippen LogP contribution < -0.4 is 109 Å². The number of H-pyrrole nitrogens is 7. The molecule has 746 valence electrons. The molecule has 0 unspecified atom stereocenters. The number of hydrogen-bond acceptors (Lipinski definition) is 16. The highest BCUT2D eigenvalue weighted by molar-refractivity contribution is 6.02. The van der Waals surface area contributed by atoms with Crippen LogP contribution in [0.4, 0.5) is 0 Å². The smallest absolute Gasteiger partial charge is 0.243 e. The Morgan fingerprint density at radius 2 is 0.385 bits per heavy atom. The van der Waals surface area contributed by atoms with Crippen molar-refractivity contribution < 1.29 is 52.7 Å². The number of rotatable bonds is 51. The van der Waals surface area contributed by atoms with E-state index in [0.717, 1.165) is 32.7 Å². The molecule has 14 rings (SSSR count). The molecule has 0 radical (unpaired) electrons. The van der Waals surface area contributed by atoms with E-state index in [-0.39, 0.29) is 122 Å². The maximum Gasteiger partial charge on any atom is 0.243 e. The number of aromatic nitrogens is 7. The Kier molecular flexibility index (Phi) is 34.2. The van der Waals surface area contributed by atoms with E-state index in [1.165, 1.54) is 0 Å². The molecule has 0 bridgehead atoms. The first-order valence-electron chi connectivity index (χ1n) is 47.3. The van der Waals surface area contributed by atoms with Gasteiger partial charge in [0.2, 0.25) is 65.0 Å². The average molecular weight is 1950 g/mol. The van der Waals surface area contributed by atoms with Crippen molar-refractivity contribution in [1.82, 2.24) is 109 Å². The lowest BCUT2D eigenvalue weighted by atomic mass is 9.99. The van der Waals surface area contributed by atoms with Gasteiger partial charge in [-0.25, -0.2) is 0 Å². The predicted octanol–water partition coefficient (Wildman–Crippen LogP) is 2.77. The molecule has 11 atom stereocenters. The molecule has 7 heterocycles. The highest BCUT2D eigenvalue weighted by Gasteiger charge is 2.39. The minimum Gasteiger partial charge on any atom is -0.370 e. The summed E-state index contributed by atoms with van der Waals surface area (Å²) in [6.07, 6.45) is 10.5. The molecule has 14 aromatic rings. The second kappa shape index (κ2) is 48.2. The number of aromatic amines is 7. The molecule has 42 nitrogen and oxygen atoms in total. The van der Waals surface area contributed by atoms with Crippen LogP contribution in [-0.2, 0) is 97.7 Å². The maximum atomic E-state index is 16.1. The Balaban J connectivity index is 0.766. The average Bonchev–Trinajstić information content (AvgIpc) is 1.64. The van der Waals surface area contributed by atoms with Gasteiger partial charge in [-0.1, -0.05) is 127 Å². The first kappa shape index (κ1) is 101. The molecule has 0 aliphatic carbocycles. The predicted molar refractivity (Wildman–Crippen MR) is 547 cm³/mol. The van der Waals surface area contributed by atoms with Crippen molar-refractivity contribution in [2.75, 3.05) is 26.2 Å². The first-order chi connectivity index (χ1) is 69.0. The number of nitrogens with one attached hydrogen (secondary N) is 25. The summed E-state index contributed by atoms with van der Waals surface area (Å²) in [5.41, 5.74) is 44.4. The van der Waals surface area contributed by atoms with Gasteiger partial charge in [0.25, 0.3) is 0 Å². The van der Waals surface area contributed by atoms with E-state index in [4.69, 9.17) is 56.0 Å². The number of nitrogens with two attached hydrogens (primary N) is 6. The molecule has 0 aliphatic heterocycles. The number of hydrogen-bond donors (Lipinski definition) is 31. The molecular formula is C101H121N31O11. The van der Waals surface area contributed by atoms with Crippen LogP contribution in [0.3, 0.4) is 0 Å². The zero-order valence-corrected chi connectivity index (χ0v) is 78.4. The van der Waals surface area contributed by atoms with Gasteiger partial charge in [-0.15, -0.1) is 0 Å². The minimum absolute atomic E-state index is 0.0000900. The lowest BCUT2D eigenvalue weighted by Gasteiger charge is -2.29. The van der Waals surface area contributed by atoms with Crippen molar-refractivity contribution in [3.63, 3.8) is 0 Å². The summed E-state index contributed by atoms with van der Waals surface area (Å²) in [6, 6.07) is 34.6. The van der Waals surface area contributed by atoms with Crippen molar-refractivity contribution in [3.8, 4) is 0 Å². The van der Waals surface area contributed by atoms with Crippen molar-refractivity contribution in [2.45, 2.75) is 163 Å². The zero-order chi connectivity index (χ0) is 101. The van der Waals surface area contributed by atoms with Crippen LogP contribution in [0.15, 0.2) is 213 Å². The summed E-state index contributed by atoms with van der Waals surface area (Å²) in [7, 11) is 0. The third-order valence-electron chi connectivity index (χ3n) is 25.3. The van der Waals surface area contributed by atoms with Crippen molar-refractivity contribution in [2.24, 2.45) is 34.4 Å². The fraction of sp³-hybridized carbons (Fsp3) is 0.297. The first-order valence-corrected chi connectivity index (χ1v) is 47.3. The Morgan fingerprint density at radius 3 is 0.580 bits per heavy atom. The fourth-order valence-corrected chi connectivity index (χ4v) is 17.9. The van der Waals surface area contributed by atoms with E-state index in [9.17, 15) is 9.59 Å². The molecule has 11 amide bonds. The van der Waals surface area contributed by atoms with Crippen molar-refractivity contribution in [3.05, 3.63) is 252 Å². The zero-order valence-electron chi connectivity index (χ0n) is 78.4. The lowest BCUT2D eigenvalue weighted by Crippen LogP contribution is -2.61. The van der Waals surface area contributed by atoms with Crippen molar-refractivity contribution >= 4 is 165 Å². The van der Waals surface area contributed by atoms with E-state index < -0.39 is 149 Å². The highest BCUT2D eigenvalue weighted by Crippen LogP contribution is 2.29. The molecule has 0 fully saturated rings. The van der Waals surface area contributed by atoms with Crippen LogP contribution in [-0.4, -0.2) is 216 Å². The van der Waals surface area contributed by atoms with Gasteiger partial charge in [-0.3, -0.25) is 74.4 Å². The Morgan fingerprint density at radius 1 is 0.224 bits per heavy atom. The number of amides is 11. The van der Waals surface area contributed by atoms with Gasteiger partial charge in [0.1, 0.15) is 60.4 Å². The van der Waals surface area contributed by atoms with Gasteiger partial charge in [0.15, 0.2) is 23.8 Å².